The molecule has 18 heavy (non-hydrogen) atoms. The van der Waals surface area contributed by atoms with Crippen molar-refractivity contribution in [2.24, 2.45) is 0 Å². The van der Waals surface area contributed by atoms with Crippen LogP contribution in [-0.4, -0.2) is 0 Å². The van der Waals surface area contributed by atoms with Crippen LogP contribution >= 0.6 is 22.7 Å². The Bertz CT molecular complexity index is 818. The molecule has 0 N–H and O–H groups in total. The first-order valence-electron chi connectivity index (χ1n) is 6.04. The molecule has 2 heteroatoms. The Balaban J connectivity index is 2.29. The normalized spacial score (nSPS) is 11.9. The maximum atomic E-state index is 2.31. The number of thiophene rings is 2. The number of benzene rings is 2. The van der Waals surface area contributed by atoms with Gasteiger partial charge in [0.25, 0.3) is 0 Å². The molecule has 0 bridgehead atoms. The fraction of sp³-hybridized carbons (Fsp3) is 0.125. The molecule has 0 nitrogen and oxygen atoms in total. The molecule has 0 atom stereocenters. The Kier molecular flexibility index (Phi) is 2.08. The van der Waals surface area contributed by atoms with Crippen LogP contribution in [0.25, 0.3) is 30.9 Å². The molecule has 88 valence electrons. The molecular formula is C16H12S2. The van der Waals surface area contributed by atoms with Gasteiger partial charge in [0.05, 0.1) is 0 Å². The van der Waals surface area contributed by atoms with Gasteiger partial charge < -0.3 is 0 Å². The summed E-state index contributed by atoms with van der Waals surface area (Å²) in [6, 6.07) is 13.7. The molecule has 2 aromatic carbocycles. The summed E-state index contributed by atoms with van der Waals surface area (Å²) in [5.41, 5.74) is 0. The van der Waals surface area contributed by atoms with Gasteiger partial charge in [0.15, 0.2) is 0 Å². The summed E-state index contributed by atoms with van der Waals surface area (Å²) in [6.45, 7) is 4.37. The summed E-state index contributed by atoms with van der Waals surface area (Å²) < 4.78 is 2.82. The molecule has 4 aromatic rings. The van der Waals surface area contributed by atoms with Crippen molar-refractivity contribution in [2.75, 3.05) is 0 Å². The van der Waals surface area contributed by atoms with E-state index >= 15 is 0 Å². The van der Waals surface area contributed by atoms with Crippen LogP contribution in [0.5, 0.6) is 0 Å². The quantitative estimate of drug-likeness (QED) is 0.373. The van der Waals surface area contributed by atoms with Crippen LogP contribution in [0.2, 0.25) is 0 Å². The lowest BCUT2D eigenvalue weighted by Gasteiger charge is -2.01. The molecule has 0 aliphatic carbocycles. The van der Waals surface area contributed by atoms with Gasteiger partial charge in [-0.05, 0) is 42.8 Å². The summed E-state index contributed by atoms with van der Waals surface area (Å²) in [7, 11) is 0. The lowest BCUT2D eigenvalue weighted by Crippen LogP contribution is -1.73. The summed E-state index contributed by atoms with van der Waals surface area (Å²) >= 11 is 3.78. The van der Waals surface area contributed by atoms with E-state index in [0.717, 1.165) is 0 Å². The highest BCUT2D eigenvalue weighted by atomic mass is 32.1. The molecule has 2 heterocycles. The third-order valence-corrected chi connectivity index (χ3v) is 5.54. The van der Waals surface area contributed by atoms with Crippen LogP contribution in [0, 0.1) is 13.8 Å². The van der Waals surface area contributed by atoms with E-state index in [2.05, 4.69) is 50.2 Å². The molecule has 0 aliphatic heterocycles. The van der Waals surface area contributed by atoms with E-state index in [1.807, 2.05) is 22.7 Å². The zero-order valence-electron chi connectivity index (χ0n) is 10.3. The van der Waals surface area contributed by atoms with Gasteiger partial charge in [0.1, 0.15) is 0 Å². The van der Waals surface area contributed by atoms with Gasteiger partial charge in [-0.1, -0.05) is 18.2 Å². The minimum absolute atomic E-state index is 1.37. The standard InChI is InChI=1S/C16H12S2/c1-9-7-11-3-4-12-13(16(11)18-9)5-6-15-14(12)8-10(2)17-15/h3-8H,1-2H3. The van der Waals surface area contributed by atoms with Crippen molar-refractivity contribution in [1.82, 2.24) is 0 Å². The summed E-state index contributed by atoms with van der Waals surface area (Å²) in [6.07, 6.45) is 0. The maximum Gasteiger partial charge on any atom is 0.0424 e. The van der Waals surface area contributed by atoms with E-state index < -0.39 is 0 Å². The highest BCUT2D eigenvalue weighted by Gasteiger charge is 2.08. The van der Waals surface area contributed by atoms with E-state index in [1.165, 1.54) is 40.7 Å². The SMILES string of the molecule is Cc1cc2c(ccc3c2ccc2cc(C)sc23)s1. The largest absolute Gasteiger partial charge is 0.141 e. The zero-order chi connectivity index (χ0) is 12.3. The Labute approximate surface area is 113 Å². The van der Waals surface area contributed by atoms with Crippen LogP contribution in [0.4, 0.5) is 0 Å². The van der Waals surface area contributed by atoms with Crippen molar-refractivity contribution < 1.29 is 0 Å². The third-order valence-electron chi connectivity index (χ3n) is 3.42. The van der Waals surface area contributed by atoms with Gasteiger partial charge in [-0.3, -0.25) is 0 Å². The Hall–Kier alpha value is -1.38. The molecule has 0 fully saturated rings. The second kappa shape index (κ2) is 3.56. The molecule has 0 saturated heterocycles. The van der Waals surface area contributed by atoms with Gasteiger partial charge in [0, 0.05) is 29.9 Å². The van der Waals surface area contributed by atoms with Gasteiger partial charge in [0.2, 0.25) is 0 Å². The van der Waals surface area contributed by atoms with Crippen LogP contribution in [-0.2, 0) is 0 Å². The fourth-order valence-electron chi connectivity index (χ4n) is 2.68. The second-order valence-corrected chi connectivity index (χ2v) is 7.31. The Morgan fingerprint density at radius 3 is 2.39 bits per heavy atom. The maximum absolute atomic E-state index is 2.31. The number of hydrogen-bond donors (Lipinski definition) is 0. The smallest absolute Gasteiger partial charge is 0.0424 e. The molecule has 0 unspecified atom stereocenters. The van der Waals surface area contributed by atoms with Gasteiger partial charge in [-0.15, -0.1) is 22.7 Å². The van der Waals surface area contributed by atoms with Crippen LogP contribution < -0.4 is 0 Å². The topological polar surface area (TPSA) is 0 Å². The number of rotatable bonds is 0. The first-order valence-corrected chi connectivity index (χ1v) is 7.68. The van der Waals surface area contributed by atoms with Crippen molar-refractivity contribution in [3.63, 3.8) is 0 Å². The fourth-order valence-corrected chi connectivity index (χ4v) is 4.66. The van der Waals surface area contributed by atoms with Crippen LogP contribution in [0.1, 0.15) is 9.75 Å². The Morgan fingerprint density at radius 1 is 0.722 bits per heavy atom. The molecular weight excluding hydrogens is 256 g/mol. The van der Waals surface area contributed by atoms with Gasteiger partial charge in [-0.2, -0.15) is 0 Å². The van der Waals surface area contributed by atoms with Crippen molar-refractivity contribution in [3.8, 4) is 0 Å². The highest BCUT2D eigenvalue weighted by Crippen LogP contribution is 2.37. The molecule has 0 radical (unpaired) electrons. The van der Waals surface area contributed by atoms with E-state index in [4.69, 9.17) is 0 Å². The summed E-state index contributed by atoms with van der Waals surface area (Å²) in [5, 5.41) is 5.57. The van der Waals surface area contributed by atoms with Crippen molar-refractivity contribution in [2.45, 2.75) is 13.8 Å². The molecule has 4 rings (SSSR count). The molecule has 0 amide bonds. The van der Waals surface area contributed by atoms with Crippen molar-refractivity contribution in [3.05, 3.63) is 46.2 Å². The van der Waals surface area contributed by atoms with Gasteiger partial charge >= 0.3 is 0 Å². The average molecular weight is 268 g/mol. The molecule has 0 aliphatic rings. The Morgan fingerprint density at radius 2 is 1.50 bits per heavy atom. The predicted molar refractivity (Wildman–Crippen MR) is 84.2 cm³/mol. The lowest BCUT2D eigenvalue weighted by atomic mass is 10.1. The van der Waals surface area contributed by atoms with Crippen molar-refractivity contribution >= 4 is 53.6 Å². The number of hydrogen-bond acceptors (Lipinski definition) is 2. The number of fused-ring (bicyclic) bond motifs is 5. The highest BCUT2D eigenvalue weighted by molar-refractivity contribution is 7.20. The molecule has 0 saturated carbocycles. The minimum atomic E-state index is 1.37. The summed E-state index contributed by atoms with van der Waals surface area (Å²) in [5.74, 6) is 0. The molecule has 2 aromatic heterocycles. The lowest BCUT2D eigenvalue weighted by molar-refractivity contribution is 1.66. The third kappa shape index (κ3) is 1.36. The van der Waals surface area contributed by atoms with Gasteiger partial charge in [-0.25, -0.2) is 0 Å². The average Bonchev–Trinajstić information content (AvgIpc) is 2.89. The predicted octanol–water partition coefficient (Wildman–Crippen LogP) is 5.89. The minimum Gasteiger partial charge on any atom is -0.141 e. The monoisotopic (exact) mass is 268 g/mol. The van der Waals surface area contributed by atoms with E-state index in [-0.39, 0.29) is 0 Å². The second-order valence-electron chi connectivity index (χ2n) is 4.77. The van der Waals surface area contributed by atoms with Crippen molar-refractivity contribution in [1.29, 1.82) is 0 Å². The number of aryl methyl sites for hydroxylation is 2. The zero-order valence-corrected chi connectivity index (χ0v) is 11.9. The van der Waals surface area contributed by atoms with Crippen LogP contribution in [0.15, 0.2) is 36.4 Å². The van der Waals surface area contributed by atoms with E-state index in [1.54, 1.807) is 0 Å². The van der Waals surface area contributed by atoms with Crippen LogP contribution in [0.3, 0.4) is 0 Å². The first-order chi connectivity index (χ1) is 8.72. The first kappa shape index (κ1) is 10.5. The van der Waals surface area contributed by atoms with E-state index in [0.29, 0.717) is 0 Å². The summed E-state index contributed by atoms with van der Waals surface area (Å²) in [4.78, 5) is 2.78. The van der Waals surface area contributed by atoms with E-state index in [9.17, 15) is 0 Å². The molecule has 0 spiro atoms.